The predicted octanol–water partition coefficient (Wildman–Crippen LogP) is -0.119. The third kappa shape index (κ3) is 4.30. The average molecular weight is 253 g/mol. The van der Waals surface area contributed by atoms with Crippen molar-refractivity contribution in [3.05, 3.63) is 23.8 Å². The van der Waals surface area contributed by atoms with Crippen LogP contribution in [0.2, 0.25) is 0 Å². The molecule has 0 aliphatic heterocycles. The molecule has 1 amide bonds. The first-order chi connectivity index (χ1) is 8.50. The van der Waals surface area contributed by atoms with Crippen molar-refractivity contribution in [2.24, 2.45) is 5.73 Å². The number of anilines is 2. The Morgan fingerprint density at radius 2 is 2.11 bits per heavy atom. The van der Waals surface area contributed by atoms with Crippen LogP contribution in [0.15, 0.2) is 18.2 Å². The third-order valence-corrected chi connectivity index (χ3v) is 2.10. The Labute approximate surface area is 104 Å². The number of carboxylic acid groups (broad SMARTS) is 1. The Balaban J connectivity index is 2.45. The first kappa shape index (κ1) is 13.8. The Morgan fingerprint density at radius 1 is 1.39 bits per heavy atom. The summed E-state index contributed by atoms with van der Waals surface area (Å²) in [7, 11) is 0. The molecule has 0 aromatic heterocycles. The molecule has 0 unspecified atom stereocenters. The van der Waals surface area contributed by atoms with E-state index in [0.717, 1.165) is 0 Å². The molecule has 0 saturated carbocycles. The van der Waals surface area contributed by atoms with E-state index in [2.05, 4.69) is 5.32 Å². The number of rotatable bonds is 7. The van der Waals surface area contributed by atoms with Crippen LogP contribution >= 0.6 is 0 Å². The molecule has 7 nitrogen and oxygen atoms in total. The average Bonchev–Trinajstić information content (AvgIpc) is 2.30. The number of hydrogen-bond acceptors (Lipinski definition) is 5. The molecule has 6 N–H and O–H groups in total. The third-order valence-electron chi connectivity index (χ3n) is 2.10. The second-order valence-corrected chi connectivity index (χ2v) is 3.55. The highest BCUT2D eigenvalue weighted by Gasteiger charge is 2.08. The number of amides is 1. The summed E-state index contributed by atoms with van der Waals surface area (Å²) in [6.45, 7) is 0.579. The molecule has 0 heterocycles. The number of ether oxygens (including phenoxy) is 1. The molecule has 0 spiro atoms. The minimum Gasteiger partial charge on any atom is -0.478 e. The first-order valence-corrected chi connectivity index (χ1v) is 5.23. The normalized spacial score (nSPS) is 10.0. The summed E-state index contributed by atoms with van der Waals surface area (Å²) in [5.74, 6) is -1.61. The molecule has 98 valence electrons. The highest BCUT2D eigenvalue weighted by atomic mass is 16.5. The van der Waals surface area contributed by atoms with Gasteiger partial charge in [-0.1, -0.05) is 0 Å². The molecule has 0 aliphatic carbocycles. The number of aromatic carboxylic acids is 1. The molecule has 1 aromatic rings. The number of nitrogens with two attached hydrogens (primary N) is 2. The van der Waals surface area contributed by atoms with Crippen LogP contribution in [0, 0.1) is 0 Å². The Bertz CT molecular complexity index is 448. The van der Waals surface area contributed by atoms with Crippen molar-refractivity contribution >= 4 is 23.3 Å². The largest absolute Gasteiger partial charge is 0.478 e. The monoisotopic (exact) mass is 253 g/mol. The van der Waals surface area contributed by atoms with Crippen molar-refractivity contribution in [1.82, 2.24) is 0 Å². The lowest BCUT2D eigenvalue weighted by molar-refractivity contribution is -0.122. The Kier molecular flexibility index (Phi) is 4.94. The maximum atomic E-state index is 10.8. The van der Waals surface area contributed by atoms with Gasteiger partial charge in [-0.25, -0.2) is 4.79 Å². The van der Waals surface area contributed by atoms with Gasteiger partial charge in [-0.3, -0.25) is 4.79 Å². The van der Waals surface area contributed by atoms with Gasteiger partial charge in [-0.05, 0) is 18.2 Å². The van der Waals surface area contributed by atoms with Crippen molar-refractivity contribution < 1.29 is 19.4 Å². The molecule has 0 atom stereocenters. The van der Waals surface area contributed by atoms with Crippen LogP contribution in [-0.4, -0.2) is 36.7 Å². The summed E-state index contributed by atoms with van der Waals surface area (Å²) in [6, 6.07) is 4.61. The molecule has 0 bridgehead atoms. The summed E-state index contributed by atoms with van der Waals surface area (Å²) in [6.07, 6.45) is 0. The molecular formula is C11H15N3O4. The Hall–Kier alpha value is -2.28. The van der Waals surface area contributed by atoms with E-state index in [9.17, 15) is 9.59 Å². The van der Waals surface area contributed by atoms with E-state index in [4.69, 9.17) is 21.3 Å². The topological polar surface area (TPSA) is 128 Å². The minimum absolute atomic E-state index is 0.0399. The standard InChI is InChI=1S/C11H15N3O4/c12-9-2-1-7(5-8(9)11(16)17)14-3-4-18-6-10(13)15/h1-2,5,14H,3-4,6,12H2,(H2,13,15)(H,16,17). The fourth-order valence-corrected chi connectivity index (χ4v) is 1.29. The molecule has 0 fully saturated rings. The summed E-state index contributed by atoms with van der Waals surface area (Å²) in [5, 5.41) is 11.8. The second-order valence-electron chi connectivity index (χ2n) is 3.55. The van der Waals surface area contributed by atoms with Gasteiger partial charge in [0, 0.05) is 17.9 Å². The molecule has 1 rings (SSSR count). The quantitative estimate of drug-likeness (QED) is 0.396. The zero-order valence-corrected chi connectivity index (χ0v) is 9.68. The van der Waals surface area contributed by atoms with E-state index in [0.29, 0.717) is 12.2 Å². The maximum Gasteiger partial charge on any atom is 0.337 e. The number of nitrogen functional groups attached to an aromatic ring is 1. The zero-order valence-electron chi connectivity index (χ0n) is 9.68. The van der Waals surface area contributed by atoms with Crippen molar-refractivity contribution in [3.63, 3.8) is 0 Å². The van der Waals surface area contributed by atoms with Crippen LogP contribution in [0.5, 0.6) is 0 Å². The van der Waals surface area contributed by atoms with Crippen molar-refractivity contribution in [3.8, 4) is 0 Å². The number of benzene rings is 1. The number of carboxylic acids is 1. The van der Waals surface area contributed by atoms with Gasteiger partial charge in [0.2, 0.25) is 5.91 Å². The summed E-state index contributed by atoms with van der Waals surface area (Å²) in [4.78, 5) is 21.2. The van der Waals surface area contributed by atoms with Gasteiger partial charge >= 0.3 is 5.97 Å². The van der Waals surface area contributed by atoms with Gasteiger partial charge in [-0.15, -0.1) is 0 Å². The predicted molar refractivity (Wildman–Crippen MR) is 66.3 cm³/mol. The van der Waals surface area contributed by atoms with Crippen LogP contribution in [0.1, 0.15) is 10.4 Å². The molecule has 1 aromatic carbocycles. The van der Waals surface area contributed by atoms with Crippen LogP contribution in [0.4, 0.5) is 11.4 Å². The van der Waals surface area contributed by atoms with Crippen molar-refractivity contribution in [2.75, 3.05) is 30.8 Å². The lowest BCUT2D eigenvalue weighted by Crippen LogP contribution is -2.20. The van der Waals surface area contributed by atoms with Gasteiger partial charge in [0.15, 0.2) is 0 Å². The smallest absolute Gasteiger partial charge is 0.337 e. The zero-order chi connectivity index (χ0) is 13.5. The molecular weight excluding hydrogens is 238 g/mol. The van der Waals surface area contributed by atoms with Crippen LogP contribution < -0.4 is 16.8 Å². The van der Waals surface area contributed by atoms with Gasteiger partial charge < -0.3 is 26.6 Å². The van der Waals surface area contributed by atoms with Gasteiger partial charge in [-0.2, -0.15) is 0 Å². The molecule has 7 heteroatoms. The van der Waals surface area contributed by atoms with Gasteiger partial charge in [0.05, 0.1) is 12.2 Å². The molecule has 0 saturated heterocycles. The highest BCUT2D eigenvalue weighted by molar-refractivity contribution is 5.94. The summed E-state index contributed by atoms with van der Waals surface area (Å²) >= 11 is 0. The first-order valence-electron chi connectivity index (χ1n) is 5.23. The number of carbonyl (C=O) groups is 2. The molecule has 0 aliphatic rings. The lowest BCUT2D eigenvalue weighted by atomic mass is 10.1. The summed E-state index contributed by atoms with van der Waals surface area (Å²) < 4.78 is 4.94. The second kappa shape index (κ2) is 6.45. The maximum absolute atomic E-state index is 10.8. The fourth-order valence-electron chi connectivity index (χ4n) is 1.29. The summed E-state index contributed by atoms with van der Waals surface area (Å²) in [5.41, 5.74) is 11.3. The van der Waals surface area contributed by atoms with E-state index >= 15 is 0 Å². The van der Waals surface area contributed by atoms with Gasteiger partial charge in [0.25, 0.3) is 0 Å². The minimum atomic E-state index is -1.08. The Morgan fingerprint density at radius 3 is 2.72 bits per heavy atom. The van der Waals surface area contributed by atoms with Crippen LogP contribution in [0.25, 0.3) is 0 Å². The van der Waals surface area contributed by atoms with E-state index < -0.39 is 11.9 Å². The number of nitrogens with one attached hydrogen (secondary N) is 1. The van der Waals surface area contributed by atoms with Crippen LogP contribution in [-0.2, 0) is 9.53 Å². The SMILES string of the molecule is NC(=O)COCCNc1ccc(N)c(C(=O)O)c1. The lowest BCUT2D eigenvalue weighted by Gasteiger charge is -2.08. The number of hydrogen-bond donors (Lipinski definition) is 4. The highest BCUT2D eigenvalue weighted by Crippen LogP contribution is 2.17. The van der Waals surface area contributed by atoms with E-state index in [1.54, 1.807) is 6.07 Å². The number of primary amides is 1. The van der Waals surface area contributed by atoms with Crippen LogP contribution in [0.3, 0.4) is 0 Å². The van der Waals surface area contributed by atoms with E-state index in [-0.39, 0.29) is 24.5 Å². The van der Waals surface area contributed by atoms with Crippen molar-refractivity contribution in [2.45, 2.75) is 0 Å². The molecule has 18 heavy (non-hydrogen) atoms. The van der Waals surface area contributed by atoms with Gasteiger partial charge in [0.1, 0.15) is 6.61 Å². The van der Waals surface area contributed by atoms with Crippen molar-refractivity contribution in [1.29, 1.82) is 0 Å². The fraction of sp³-hybridized carbons (Fsp3) is 0.273. The van der Waals surface area contributed by atoms with E-state index in [1.165, 1.54) is 12.1 Å². The van der Waals surface area contributed by atoms with E-state index in [1.807, 2.05) is 0 Å². The number of carbonyl (C=O) groups excluding carboxylic acids is 1. The molecule has 0 radical (unpaired) electrons.